The van der Waals surface area contributed by atoms with E-state index in [1.807, 2.05) is 27.7 Å². The molecular formula is C13H20BrNO2S2. The summed E-state index contributed by atoms with van der Waals surface area (Å²) in [6.45, 7) is 8.15. The maximum absolute atomic E-state index is 12.3. The Hall–Kier alpha value is -0.200. The van der Waals surface area contributed by atoms with Crippen molar-refractivity contribution in [1.82, 2.24) is 0 Å². The molecule has 1 aromatic rings. The third kappa shape index (κ3) is 5.00. The quantitative estimate of drug-likeness (QED) is 0.804. The molecule has 0 N–H and O–H groups in total. The van der Waals surface area contributed by atoms with Crippen LogP contribution in [-0.4, -0.2) is 18.9 Å². The van der Waals surface area contributed by atoms with Crippen LogP contribution in [0.25, 0.3) is 0 Å². The topological polar surface area (TPSA) is 46.5 Å². The molecule has 19 heavy (non-hydrogen) atoms. The molecular weight excluding hydrogens is 346 g/mol. The third-order valence-electron chi connectivity index (χ3n) is 2.40. The van der Waals surface area contributed by atoms with Gasteiger partial charge >= 0.3 is 0 Å². The van der Waals surface area contributed by atoms with Gasteiger partial charge in [-0.2, -0.15) is 8.42 Å². The maximum Gasteiger partial charge on any atom is 0.287 e. The Labute approximate surface area is 127 Å². The van der Waals surface area contributed by atoms with Gasteiger partial charge in [-0.05, 0) is 30.7 Å². The summed E-state index contributed by atoms with van der Waals surface area (Å²) in [7, 11) is -4.06. The van der Waals surface area contributed by atoms with Gasteiger partial charge in [-0.1, -0.05) is 54.3 Å². The second-order valence-corrected chi connectivity index (χ2v) is 10.5. The van der Waals surface area contributed by atoms with Crippen molar-refractivity contribution in [3.8, 4) is 0 Å². The second-order valence-electron chi connectivity index (χ2n) is 5.18. The van der Waals surface area contributed by atoms with Gasteiger partial charge in [0.1, 0.15) is 0 Å². The predicted octanol–water partition coefficient (Wildman–Crippen LogP) is 4.15. The zero-order chi connectivity index (χ0) is 14.7. The van der Waals surface area contributed by atoms with Crippen molar-refractivity contribution in [3.63, 3.8) is 0 Å². The first-order valence-electron chi connectivity index (χ1n) is 6.11. The third-order valence-corrected chi connectivity index (χ3v) is 7.51. The fourth-order valence-electron chi connectivity index (χ4n) is 1.42. The van der Waals surface area contributed by atoms with Gasteiger partial charge in [-0.25, -0.2) is 0 Å². The number of hydrogen-bond acceptors (Lipinski definition) is 2. The van der Waals surface area contributed by atoms with Crippen molar-refractivity contribution in [2.45, 2.75) is 43.8 Å². The summed E-state index contributed by atoms with van der Waals surface area (Å²) >= 11 is 3.30. The monoisotopic (exact) mass is 365 g/mol. The van der Waals surface area contributed by atoms with Crippen molar-refractivity contribution in [2.24, 2.45) is 3.77 Å². The Morgan fingerprint density at radius 1 is 1.21 bits per heavy atom. The van der Waals surface area contributed by atoms with Crippen LogP contribution in [0.2, 0.25) is 0 Å². The molecule has 0 aromatic heterocycles. The summed E-state index contributed by atoms with van der Waals surface area (Å²) in [6.07, 6.45) is 0.930. The summed E-state index contributed by atoms with van der Waals surface area (Å²) in [4.78, 5) is 0.258. The molecule has 3 nitrogen and oxygen atoms in total. The van der Waals surface area contributed by atoms with Crippen LogP contribution in [0.5, 0.6) is 0 Å². The highest BCUT2D eigenvalue weighted by Crippen LogP contribution is 2.22. The summed E-state index contributed by atoms with van der Waals surface area (Å²) in [5.74, 6) is 0.805. The normalized spacial score (nSPS) is 14.6. The minimum atomic E-state index is -3.57. The number of benzene rings is 1. The zero-order valence-corrected chi connectivity index (χ0v) is 14.9. The van der Waals surface area contributed by atoms with Gasteiger partial charge in [0.15, 0.2) is 0 Å². The molecule has 108 valence electrons. The number of halogens is 1. The zero-order valence-electron chi connectivity index (χ0n) is 11.7. The average Bonchev–Trinajstić information content (AvgIpc) is 2.27. The predicted molar refractivity (Wildman–Crippen MR) is 86.0 cm³/mol. The van der Waals surface area contributed by atoms with Crippen LogP contribution in [0.15, 0.2) is 37.4 Å². The number of rotatable bonds is 4. The Kier molecular flexibility index (Phi) is 5.77. The molecule has 0 amide bonds. The van der Waals surface area contributed by atoms with E-state index in [-0.39, 0.29) is 9.64 Å². The van der Waals surface area contributed by atoms with Crippen molar-refractivity contribution >= 4 is 36.6 Å². The molecule has 0 fully saturated rings. The fraction of sp³-hybridized carbons (Fsp3) is 0.538. The molecule has 1 unspecified atom stereocenters. The van der Waals surface area contributed by atoms with Gasteiger partial charge in [0.25, 0.3) is 10.0 Å². The first-order valence-corrected chi connectivity index (χ1v) is 9.70. The van der Waals surface area contributed by atoms with E-state index in [9.17, 15) is 8.42 Å². The molecule has 0 aliphatic heterocycles. The Morgan fingerprint density at radius 2 is 1.74 bits per heavy atom. The lowest BCUT2D eigenvalue weighted by atomic mass is 10.3. The van der Waals surface area contributed by atoms with E-state index in [1.165, 1.54) is 0 Å². The molecule has 1 rings (SSSR count). The molecule has 0 bridgehead atoms. The van der Waals surface area contributed by atoms with E-state index in [2.05, 4.69) is 19.7 Å². The SMILES string of the molecule is CCCS(=NS(=O)(=O)c1ccc(Br)cc1)C(C)(C)C. The molecule has 6 heteroatoms. The molecule has 0 heterocycles. The second kappa shape index (κ2) is 6.50. The average molecular weight is 366 g/mol. The van der Waals surface area contributed by atoms with Gasteiger partial charge in [0, 0.05) is 15.0 Å². The van der Waals surface area contributed by atoms with Crippen molar-refractivity contribution in [3.05, 3.63) is 28.7 Å². The van der Waals surface area contributed by atoms with Gasteiger partial charge in [-0.3, -0.25) is 0 Å². The van der Waals surface area contributed by atoms with Crippen molar-refractivity contribution in [2.75, 3.05) is 5.75 Å². The van der Waals surface area contributed by atoms with Crippen LogP contribution >= 0.6 is 15.9 Å². The summed E-state index contributed by atoms with van der Waals surface area (Å²) in [6, 6.07) is 6.60. The van der Waals surface area contributed by atoms with Gasteiger partial charge in [0.2, 0.25) is 0 Å². The molecule has 0 saturated carbocycles. The first-order chi connectivity index (χ1) is 8.66. The highest BCUT2D eigenvalue weighted by molar-refractivity contribution is 9.10. The number of hydrogen-bond donors (Lipinski definition) is 0. The summed E-state index contributed by atoms with van der Waals surface area (Å²) in [5.41, 5.74) is 0. The van der Waals surface area contributed by atoms with Crippen LogP contribution < -0.4 is 0 Å². The van der Waals surface area contributed by atoms with E-state index >= 15 is 0 Å². The van der Waals surface area contributed by atoms with Crippen LogP contribution in [0, 0.1) is 0 Å². The molecule has 0 spiro atoms. The Morgan fingerprint density at radius 3 is 2.16 bits per heavy atom. The van der Waals surface area contributed by atoms with E-state index in [1.54, 1.807) is 24.3 Å². The van der Waals surface area contributed by atoms with Crippen LogP contribution in [0.4, 0.5) is 0 Å². The van der Waals surface area contributed by atoms with E-state index in [4.69, 9.17) is 0 Å². The summed E-state index contributed by atoms with van der Waals surface area (Å²) < 4.78 is 29.5. The van der Waals surface area contributed by atoms with Crippen molar-refractivity contribution < 1.29 is 8.42 Å². The van der Waals surface area contributed by atoms with E-state index in [0.717, 1.165) is 16.6 Å². The van der Waals surface area contributed by atoms with Gasteiger partial charge in [0.05, 0.1) is 4.90 Å². The van der Waals surface area contributed by atoms with Gasteiger partial charge in [-0.15, -0.1) is 3.77 Å². The molecule has 0 aliphatic carbocycles. The minimum absolute atomic E-state index is 0.127. The van der Waals surface area contributed by atoms with Crippen LogP contribution in [0.1, 0.15) is 34.1 Å². The molecule has 1 atom stereocenters. The van der Waals surface area contributed by atoms with E-state index < -0.39 is 20.7 Å². The minimum Gasteiger partial charge on any atom is -0.199 e. The molecule has 0 radical (unpaired) electrons. The molecule has 1 aromatic carbocycles. The largest absolute Gasteiger partial charge is 0.287 e. The Balaban J connectivity index is 3.22. The summed E-state index contributed by atoms with van der Waals surface area (Å²) in [5, 5.41) is 0. The highest BCUT2D eigenvalue weighted by Gasteiger charge is 2.21. The Bertz CT molecular complexity index is 557. The lowest BCUT2D eigenvalue weighted by molar-refractivity contribution is 0.598. The van der Waals surface area contributed by atoms with E-state index in [0.29, 0.717) is 0 Å². The van der Waals surface area contributed by atoms with Gasteiger partial charge < -0.3 is 0 Å². The molecule has 0 saturated heterocycles. The maximum atomic E-state index is 12.3. The smallest absolute Gasteiger partial charge is 0.199 e. The van der Waals surface area contributed by atoms with Crippen LogP contribution in [0.3, 0.4) is 0 Å². The number of sulfonamides is 1. The molecule has 0 aliphatic rings. The lowest BCUT2D eigenvalue weighted by Gasteiger charge is -2.22. The standard InChI is InChI=1S/C13H20BrNO2S2/c1-5-10-18(13(2,3)4)15-19(16,17)12-8-6-11(14)7-9-12/h6-9H,5,10H2,1-4H3. The van der Waals surface area contributed by atoms with Crippen molar-refractivity contribution in [1.29, 1.82) is 0 Å². The number of nitrogens with zero attached hydrogens (tertiary/aromatic N) is 1. The fourth-order valence-corrected chi connectivity index (χ4v) is 5.64. The highest BCUT2D eigenvalue weighted by atomic mass is 79.9. The first kappa shape index (κ1) is 16.9. The van der Waals surface area contributed by atoms with Crippen LogP contribution in [-0.2, 0) is 20.7 Å². The lowest BCUT2D eigenvalue weighted by Crippen LogP contribution is -2.24.